The molecule has 0 spiro atoms. The molecule has 5 nitrogen and oxygen atoms in total. The van der Waals surface area contributed by atoms with Gasteiger partial charge in [0.25, 0.3) is 0 Å². The maximum Gasteiger partial charge on any atom is 0.225 e. The summed E-state index contributed by atoms with van der Waals surface area (Å²) in [4.78, 5) is 14.8. The minimum Gasteiger partial charge on any atom is -0.379 e. The maximum absolute atomic E-state index is 13.0. The van der Waals surface area contributed by atoms with E-state index in [0.29, 0.717) is 17.2 Å². The van der Waals surface area contributed by atoms with Crippen molar-refractivity contribution >= 4 is 5.95 Å². The molecule has 0 radical (unpaired) electrons. The van der Waals surface area contributed by atoms with Crippen molar-refractivity contribution in [3.63, 3.8) is 0 Å². The normalized spacial score (nSPS) is 18.0. The molecule has 1 saturated heterocycles. The minimum absolute atomic E-state index is 0.364. The number of halogens is 1. The molecule has 22 heavy (non-hydrogen) atoms. The molecular weight excluding hydrogens is 283 g/mol. The van der Waals surface area contributed by atoms with Gasteiger partial charge in [0.05, 0.1) is 11.9 Å². The third kappa shape index (κ3) is 2.92. The molecule has 0 aliphatic carbocycles. The number of nitrogens with zero attached hydrogens (tertiary/aromatic N) is 4. The van der Waals surface area contributed by atoms with E-state index in [1.54, 1.807) is 19.3 Å². The van der Waals surface area contributed by atoms with Crippen molar-refractivity contribution in [1.82, 2.24) is 15.0 Å². The molecule has 1 N–H and O–H groups in total. The zero-order valence-electron chi connectivity index (χ0n) is 12.5. The molecule has 0 bridgehead atoms. The van der Waals surface area contributed by atoms with Gasteiger partial charge in [-0.3, -0.25) is 4.98 Å². The molecule has 1 aliphatic rings. The minimum atomic E-state index is -1.35. The average Bonchev–Trinajstić information content (AvgIpc) is 2.56. The Labute approximate surface area is 128 Å². The van der Waals surface area contributed by atoms with E-state index in [-0.39, 0.29) is 0 Å². The highest BCUT2D eigenvalue weighted by molar-refractivity contribution is 5.34. The van der Waals surface area contributed by atoms with E-state index in [1.807, 2.05) is 0 Å². The van der Waals surface area contributed by atoms with Crippen molar-refractivity contribution in [3.8, 4) is 0 Å². The number of aromatic nitrogens is 3. The first-order valence-electron chi connectivity index (χ1n) is 7.49. The highest BCUT2D eigenvalue weighted by atomic mass is 19.1. The molecular formula is C16H19FN4O. The predicted octanol–water partition coefficient (Wildman–Crippen LogP) is 2.26. The van der Waals surface area contributed by atoms with Gasteiger partial charge in [0.1, 0.15) is 11.4 Å². The zero-order chi connectivity index (χ0) is 15.6. The summed E-state index contributed by atoms with van der Waals surface area (Å²) in [6, 6.07) is 2.74. The summed E-state index contributed by atoms with van der Waals surface area (Å²) in [6.45, 7) is 3.54. The lowest BCUT2D eigenvalue weighted by molar-refractivity contribution is 0.0965. The third-order valence-corrected chi connectivity index (χ3v) is 4.07. The van der Waals surface area contributed by atoms with Crippen LogP contribution in [0.1, 0.15) is 37.4 Å². The summed E-state index contributed by atoms with van der Waals surface area (Å²) in [5.74, 6) is 0.252. The number of piperidine rings is 1. The van der Waals surface area contributed by atoms with Gasteiger partial charge in [-0.2, -0.15) is 0 Å². The lowest BCUT2D eigenvalue weighted by atomic mass is 9.94. The first-order valence-corrected chi connectivity index (χ1v) is 7.49. The smallest absolute Gasteiger partial charge is 0.225 e. The van der Waals surface area contributed by atoms with Gasteiger partial charge >= 0.3 is 0 Å². The van der Waals surface area contributed by atoms with Crippen LogP contribution in [0.2, 0.25) is 0 Å². The van der Waals surface area contributed by atoms with Crippen LogP contribution < -0.4 is 4.90 Å². The van der Waals surface area contributed by atoms with Gasteiger partial charge in [-0.15, -0.1) is 0 Å². The fraction of sp³-hybridized carbons (Fsp3) is 0.438. The van der Waals surface area contributed by atoms with Gasteiger partial charge in [0, 0.05) is 31.0 Å². The lowest BCUT2D eigenvalue weighted by Crippen LogP contribution is -2.31. The summed E-state index contributed by atoms with van der Waals surface area (Å²) in [7, 11) is 0. The van der Waals surface area contributed by atoms with E-state index in [4.69, 9.17) is 0 Å². The zero-order valence-corrected chi connectivity index (χ0v) is 12.5. The number of hydrogen-bond donors (Lipinski definition) is 1. The van der Waals surface area contributed by atoms with E-state index >= 15 is 0 Å². The summed E-state index contributed by atoms with van der Waals surface area (Å²) < 4.78 is 13.0. The van der Waals surface area contributed by atoms with Crippen molar-refractivity contribution < 1.29 is 9.50 Å². The van der Waals surface area contributed by atoms with E-state index in [0.717, 1.165) is 32.1 Å². The van der Waals surface area contributed by atoms with Crippen molar-refractivity contribution in [2.45, 2.75) is 31.8 Å². The summed E-state index contributed by atoms with van der Waals surface area (Å²) >= 11 is 0. The largest absolute Gasteiger partial charge is 0.379 e. The highest BCUT2D eigenvalue weighted by Gasteiger charge is 2.28. The van der Waals surface area contributed by atoms with Crippen LogP contribution in [0.3, 0.4) is 0 Å². The van der Waals surface area contributed by atoms with Crippen molar-refractivity contribution in [3.05, 3.63) is 47.8 Å². The highest BCUT2D eigenvalue weighted by Crippen LogP contribution is 2.27. The number of pyridine rings is 1. The third-order valence-electron chi connectivity index (χ3n) is 4.07. The van der Waals surface area contributed by atoms with E-state index in [1.165, 1.54) is 18.6 Å². The second kappa shape index (κ2) is 5.96. The predicted molar refractivity (Wildman–Crippen MR) is 81.0 cm³/mol. The van der Waals surface area contributed by atoms with Crippen LogP contribution in [-0.2, 0) is 5.60 Å². The Morgan fingerprint density at radius 2 is 1.73 bits per heavy atom. The van der Waals surface area contributed by atoms with E-state index in [9.17, 15) is 9.50 Å². The molecule has 2 aromatic rings. The number of aliphatic hydroxyl groups is 1. The van der Waals surface area contributed by atoms with Crippen LogP contribution in [0.15, 0.2) is 30.7 Å². The molecule has 3 heterocycles. The molecule has 0 unspecified atom stereocenters. The van der Waals surface area contributed by atoms with Crippen LogP contribution in [0.5, 0.6) is 0 Å². The number of rotatable bonds is 3. The summed E-state index contributed by atoms with van der Waals surface area (Å²) in [5.41, 5.74) is -0.454. The first-order chi connectivity index (χ1) is 10.6. The molecule has 1 atom stereocenters. The Kier molecular flexibility index (Phi) is 4.02. The van der Waals surface area contributed by atoms with Gasteiger partial charge in [-0.1, -0.05) is 0 Å². The number of anilines is 1. The Morgan fingerprint density at radius 1 is 1.05 bits per heavy atom. The van der Waals surface area contributed by atoms with Gasteiger partial charge in [-0.05, 0) is 38.3 Å². The number of hydrogen-bond acceptors (Lipinski definition) is 5. The van der Waals surface area contributed by atoms with E-state index < -0.39 is 11.4 Å². The van der Waals surface area contributed by atoms with Gasteiger partial charge in [-0.25, -0.2) is 14.4 Å². The monoisotopic (exact) mass is 302 g/mol. The fourth-order valence-electron chi connectivity index (χ4n) is 2.64. The Bertz CT molecular complexity index is 622. The topological polar surface area (TPSA) is 62.1 Å². The second-order valence-electron chi connectivity index (χ2n) is 5.75. The van der Waals surface area contributed by atoms with Crippen LogP contribution in [0, 0.1) is 5.82 Å². The molecule has 0 amide bonds. The van der Waals surface area contributed by atoms with Crippen LogP contribution >= 0.6 is 0 Å². The standard InChI is InChI=1S/C16H19FN4O/c1-16(22,14-6-5-13(17)11-18-14)12-9-19-15(20-10-12)21-7-3-2-4-8-21/h5-6,9-11,22H,2-4,7-8H2,1H3/t16-/m0/s1. The molecule has 6 heteroatoms. The van der Waals surface area contributed by atoms with E-state index in [2.05, 4.69) is 19.9 Å². The summed E-state index contributed by atoms with van der Waals surface area (Å²) in [6.07, 6.45) is 7.88. The molecule has 2 aromatic heterocycles. The quantitative estimate of drug-likeness (QED) is 0.942. The van der Waals surface area contributed by atoms with Gasteiger partial charge < -0.3 is 10.0 Å². The molecule has 0 saturated carbocycles. The van der Waals surface area contributed by atoms with Crippen LogP contribution in [0.4, 0.5) is 10.3 Å². The summed E-state index contributed by atoms with van der Waals surface area (Å²) in [5, 5.41) is 10.7. The second-order valence-corrected chi connectivity index (χ2v) is 5.75. The Balaban J connectivity index is 1.83. The Hall–Kier alpha value is -2.08. The average molecular weight is 302 g/mol. The molecule has 0 aromatic carbocycles. The maximum atomic E-state index is 13.0. The molecule has 1 aliphatic heterocycles. The van der Waals surface area contributed by atoms with Crippen molar-refractivity contribution in [2.24, 2.45) is 0 Å². The Morgan fingerprint density at radius 3 is 2.32 bits per heavy atom. The first kappa shape index (κ1) is 14.8. The molecule has 116 valence electrons. The SMILES string of the molecule is C[C@](O)(c1cnc(N2CCCCC2)nc1)c1ccc(F)cn1. The molecule has 1 fully saturated rings. The van der Waals surface area contributed by atoms with Gasteiger partial charge in [0.15, 0.2) is 0 Å². The lowest BCUT2D eigenvalue weighted by Gasteiger charge is -2.27. The van der Waals surface area contributed by atoms with Crippen molar-refractivity contribution in [1.29, 1.82) is 0 Å². The molecule has 3 rings (SSSR count). The van der Waals surface area contributed by atoms with Crippen molar-refractivity contribution in [2.75, 3.05) is 18.0 Å². The fourth-order valence-corrected chi connectivity index (χ4v) is 2.64. The van der Waals surface area contributed by atoms with Crippen LogP contribution in [-0.4, -0.2) is 33.1 Å². The van der Waals surface area contributed by atoms with Crippen LogP contribution in [0.25, 0.3) is 0 Å². The van der Waals surface area contributed by atoms with Gasteiger partial charge in [0.2, 0.25) is 5.95 Å².